The number of halogens is 3. The van der Waals surface area contributed by atoms with Gasteiger partial charge in [0.15, 0.2) is 0 Å². The number of nitrogens with zero attached hydrogens (tertiary/aromatic N) is 3. The highest BCUT2D eigenvalue weighted by Crippen LogP contribution is 2.25. The second-order valence-electron chi connectivity index (χ2n) is 5.22. The van der Waals surface area contributed by atoms with Gasteiger partial charge in [0.2, 0.25) is 5.91 Å². The van der Waals surface area contributed by atoms with Crippen LogP contribution in [0.4, 0.5) is 8.78 Å². The molecule has 1 amide bonds. The first kappa shape index (κ1) is 17.3. The lowest BCUT2D eigenvalue weighted by atomic mass is 10.1. The van der Waals surface area contributed by atoms with Crippen molar-refractivity contribution in [3.8, 4) is 5.69 Å². The van der Waals surface area contributed by atoms with Gasteiger partial charge >= 0.3 is 0 Å². The number of nitrogens with one attached hydrogen (secondary N) is 2. The van der Waals surface area contributed by atoms with Gasteiger partial charge in [0, 0.05) is 13.0 Å². The minimum atomic E-state index is -2.80. The number of aromatic nitrogens is 3. The number of rotatable bonds is 4. The molecule has 2 aromatic rings. The van der Waals surface area contributed by atoms with E-state index in [1.807, 2.05) is 24.3 Å². The number of carbonyl (C=O) groups excluding carboxylic acids is 1. The molecule has 1 atom stereocenters. The maximum absolute atomic E-state index is 13.0. The summed E-state index contributed by atoms with van der Waals surface area (Å²) in [5.41, 5.74) is 1.73. The Morgan fingerprint density at radius 1 is 1.39 bits per heavy atom. The minimum Gasteiger partial charge on any atom is -0.351 e. The Kier molecular flexibility index (Phi) is 5.27. The largest absolute Gasteiger partial charge is 0.351 e. The van der Waals surface area contributed by atoms with Crippen LogP contribution in [0, 0.1) is 0 Å². The van der Waals surface area contributed by atoms with Gasteiger partial charge in [-0.3, -0.25) is 10.1 Å². The summed E-state index contributed by atoms with van der Waals surface area (Å²) < 4.78 is 27.7. The molecule has 1 aromatic carbocycles. The molecule has 9 heteroatoms. The van der Waals surface area contributed by atoms with Crippen molar-refractivity contribution in [1.82, 2.24) is 25.4 Å². The molecule has 0 spiro atoms. The summed E-state index contributed by atoms with van der Waals surface area (Å²) in [5, 5.41) is 9.21. The van der Waals surface area contributed by atoms with Crippen LogP contribution in [0.3, 0.4) is 0 Å². The number of hydrogen-bond donors (Lipinski definition) is 2. The highest BCUT2D eigenvalue weighted by Gasteiger charge is 2.42. The molecule has 0 bridgehead atoms. The predicted molar refractivity (Wildman–Crippen MR) is 81.8 cm³/mol. The molecule has 1 fully saturated rings. The molecule has 1 aliphatic heterocycles. The molecule has 1 saturated heterocycles. The van der Waals surface area contributed by atoms with Crippen LogP contribution in [0.25, 0.3) is 5.69 Å². The van der Waals surface area contributed by atoms with E-state index in [0.717, 1.165) is 11.3 Å². The van der Waals surface area contributed by atoms with Gasteiger partial charge in [-0.15, -0.1) is 12.4 Å². The number of carbonyl (C=O) groups is 1. The Balaban J connectivity index is 0.00000192. The zero-order chi connectivity index (χ0) is 15.6. The van der Waals surface area contributed by atoms with E-state index in [-0.39, 0.29) is 12.4 Å². The zero-order valence-electron chi connectivity index (χ0n) is 12.1. The van der Waals surface area contributed by atoms with Crippen LogP contribution < -0.4 is 10.6 Å². The van der Waals surface area contributed by atoms with Gasteiger partial charge in [0.1, 0.15) is 12.7 Å². The Morgan fingerprint density at radius 3 is 2.70 bits per heavy atom. The lowest BCUT2D eigenvalue weighted by Crippen LogP contribution is -2.40. The molecular formula is C14H16ClF2N5O. The van der Waals surface area contributed by atoms with E-state index in [0.29, 0.717) is 6.54 Å². The maximum atomic E-state index is 13.0. The van der Waals surface area contributed by atoms with E-state index in [2.05, 4.69) is 20.7 Å². The normalized spacial score (nSPS) is 19.1. The third kappa shape index (κ3) is 4.23. The maximum Gasteiger partial charge on any atom is 0.262 e. The molecule has 1 unspecified atom stereocenters. The molecular weight excluding hydrogens is 328 g/mol. The summed E-state index contributed by atoms with van der Waals surface area (Å²) in [7, 11) is 0. The molecule has 23 heavy (non-hydrogen) atoms. The van der Waals surface area contributed by atoms with Crippen LogP contribution in [-0.2, 0) is 11.3 Å². The average molecular weight is 344 g/mol. The fraction of sp³-hybridized carbons (Fsp3) is 0.357. The van der Waals surface area contributed by atoms with Crippen molar-refractivity contribution in [2.75, 3.05) is 6.54 Å². The zero-order valence-corrected chi connectivity index (χ0v) is 12.9. The minimum absolute atomic E-state index is 0. The molecule has 2 heterocycles. The Hall–Kier alpha value is -2.06. The summed E-state index contributed by atoms with van der Waals surface area (Å²) in [6.07, 6.45) is 2.57. The number of hydrogen-bond acceptors (Lipinski definition) is 4. The third-order valence-corrected chi connectivity index (χ3v) is 3.51. The monoisotopic (exact) mass is 343 g/mol. The van der Waals surface area contributed by atoms with E-state index in [1.165, 1.54) is 6.33 Å². The van der Waals surface area contributed by atoms with E-state index < -0.39 is 30.8 Å². The van der Waals surface area contributed by atoms with Crippen LogP contribution in [0.1, 0.15) is 12.0 Å². The lowest BCUT2D eigenvalue weighted by Gasteiger charge is -2.11. The average Bonchev–Trinajstić information content (AvgIpc) is 3.15. The summed E-state index contributed by atoms with van der Waals surface area (Å²) >= 11 is 0. The van der Waals surface area contributed by atoms with Gasteiger partial charge in [0.05, 0.1) is 18.3 Å². The van der Waals surface area contributed by atoms with Crippen LogP contribution in [-0.4, -0.2) is 39.2 Å². The first-order valence-electron chi connectivity index (χ1n) is 6.86. The summed E-state index contributed by atoms with van der Waals surface area (Å²) in [4.78, 5) is 15.7. The van der Waals surface area contributed by atoms with E-state index in [9.17, 15) is 13.6 Å². The molecule has 1 aliphatic rings. The second kappa shape index (κ2) is 7.01. The molecule has 124 valence electrons. The van der Waals surface area contributed by atoms with Gasteiger partial charge in [-0.05, 0) is 17.7 Å². The Bertz CT molecular complexity index is 648. The molecule has 0 radical (unpaired) electrons. The smallest absolute Gasteiger partial charge is 0.262 e. The first-order chi connectivity index (χ1) is 10.5. The Labute approximate surface area is 137 Å². The second-order valence-corrected chi connectivity index (χ2v) is 5.22. The molecule has 0 saturated carbocycles. The number of amides is 1. The van der Waals surface area contributed by atoms with Crippen molar-refractivity contribution in [2.45, 2.75) is 24.9 Å². The highest BCUT2D eigenvalue weighted by molar-refractivity contribution is 5.85. The van der Waals surface area contributed by atoms with Gasteiger partial charge < -0.3 is 5.32 Å². The topological polar surface area (TPSA) is 71.8 Å². The Morgan fingerprint density at radius 2 is 2.13 bits per heavy atom. The fourth-order valence-corrected chi connectivity index (χ4v) is 2.32. The lowest BCUT2D eigenvalue weighted by molar-refractivity contribution is -0.123. The first-order valence-corrected chi connectivity index (χ1v) is 6.86. The fourth-order valence-electron chi connectivity index (χ4n) is 2.32. The molecule has 3 rings (SSSR count). The van der Waals surface area contributed by atoms with E-state index in [1.54, 1.807) is 11.0 Å². The van der Waals surface area contributed by atoms with Crippen molar-refractivity contribution < 1.29 is 13.6 Å². The summed E-state index contributed by atoms with van der Waals surface area (Å²) in [6.45, 7) is -0.155. The van der Waals surface area contributed by atoms with Gasteiger partial charge in [-0.1, -0.05) is 12.1 Å². The van der Waals surface area contributed by atoms with Crippen LogP contribution >= 0.6 is 12.4 Å². The van der Waals surface area contributed by atoms with Crippen molar-refractivity contribution >= 4 is 18.3 Å². The molecule has 2 N–H and O–H groups in total. The number of alkyl halides is 2. The SMILES string of the molecule is Cl.O=C(NCc1ccc(-n2cncn2)cc1)C1CC(F)(F)CN1. The third-order valence-electron chi connectivity index (χ3n) is 3.51. The highest BCUT2D eigenvalue weighted by atomic mass is 35.5. The van der Waals surface area contributed by atoms with Gasteiger partial charge in [-0.25, -0.2) is 18.4 Å². The van der Waals surface area contributed by atoms with Gasteiger partial charge in [-0.2, -0.15) is 5.10 Å². The van der Waals surface area contributed by atoms with Crippen molar-refractivity contribution in [1.29, 1.82) is 0 Å². The predicted octanol–water partition coefficient (Wildman–Crippen LogP) is 1.30. The standard InChI is InChI=1S/C14H15F2N5O.ClH/c15-14(16)5-12(19-7-14)13(22)18-6-10-1-3-11(4-2-10)21-9-17-8-20-21;/h1-4,8-9,12,19H,5-7H2,(H,18,22);1H. The quantitative estimate of drug-likeness (QED) is 0.878. The van der Waals surface area contributed by atoms with Crippen molar-refractivity contribution in [3.63, 3.8) is 0 Å². The molecule has 0 aliphatic carbocycles. The molecule has 1 aromatic heterocycles. The van der Waals surface area contributed by atoms with Gasteiger partial charge in [0.25, 0.3) is 5.92 Å². The van der Waals surface area contributed by atoms with Crippen LogP contribution in [0.2, 0.25) is 0 Å². The summed E-state index contributed by atoms with van der Waals surface area (Å²) in [6, 6.07) is 6.54. The van der Waals surface area contributed by atoms with Crippen molar-refractivity contribution in [2.24, 2.45) is 0 Å². The van der Waals surface area contributed by atoms with Crippen molar-refractivity contribution in [3.05, 3.63) is 42.5 Å². The number of benzene rings is 1. The molecule has 6 nitrogen and oxygen atoms in total. The van der Waals surface area contributed by atoms with E-state index >= 15 is 0 Å². The van der Waals surface area contributed by atoms with Crippen LogP contribution in [0.15, 0.2) is 36.9 Å². The van der Waals surface area contributed by atoms with Crippen LogP contribution in [0.5, 0.6) is 0 Å². The summed E-state index contributed by atoms with van der Waals surface area (Å²) in [5.74, 6) is -3.21. The van der Waals surface area contributed by atoms with E-state index in [4.69, 9.17) is 0 Å².